The van der Waals surface area contributed by atoms with Gasteiger partial charge in [0.15, 0.2) is 9.84 Å². The predicted octanol–water partition coefficient (Wildman–Crippen LogP) is 4.17. The van der Waals surface area contributed by atoms with Gasteiger partial charge in [0.2, 0.25) is 5.91 Å². The fraction of sp³-hybridized carbons (Fsp3) is 0.105. The highest BCUT2D eigenvalue weighted by Gasteiger charge is 2.20. The van der Waals surface area contributed by atoms with Crippen LogP contribution in [0.2, 0.25) is 0 Å². The molecule has 0 atom stereocenters. The van der Waals surface area contributed by atoms with Crippen molar-refractivity contribution in [3.8, 4) is 0 Å². The fourth-order valence-corrected chi connectivity index (χ4v) is 4.38. The predicted molar refractivity (Wildman–Crippen MR) is 109 cm³/mol. The van der Waals surface area contributed by atoms with Crippen molar-refractivity contribution in [2.24, 2.45) is 0 Å². The minimum atomic E-state index is -3.71. The summed E-state index contributed by atoms with van der Waals surface area (Å²) in [5.41, 5.74) is 1.52. The average Bonchev–Trinajstić information content (AvgIpc) is 2.56. The van der Waals surface area contributed by atoms with Crippen LogP contribution < -0.4 is 5.32 Å². The molecule has 6 heteroatoms. The molecule has 128 valence electrons. The minimum Gasteiger partial charge on any atom is -0.325 e. The zero-order chi connectivity index (χ0) is 18.0. The Balaban J connectivity index is 1.81. The van der Waals surface area contributed by atoms with E-state index in [1.54, 1.807) is 24.3 Å². The molecule has 0 aliphatic rings. The summed E-state index contributed by atoms with van der Waals surface area (Å²) >= 11 is 2.18. The van der Waals surface area contributed by atoms with Crippen LogP contribution >= 0.6 is 22.6 Å². The number of carbonyl (C=O) groups excluding carboxylic acids is 1. The molecular formula is C19H16INO3S. The summed E-state index contributed by atoms with van der Waals surface area (Å²) in [5, 5.41) is 4.47. The third kappa shape index (κ3) is 4.19. The Morgan fingerprint density at radius 1 is 1.00 bits per heavy atom. The van der Waals surface area contributed by atoms with Crippen LogP contribution in [0.4, 0.5) is 5.69 Å². The monoisotopic (exact) mass is 465 g/mol. The first-order valence-corrected chi connectivity index (χ1v) is 10.4. The second-order valence-corrected chi connectivity index (χ2v) is 9.01. The Hall–Kier alpha value is -1.93. The van der Waals surface area contributed by atoms with Gasteiger partial charge in [-0.05, 0) is 76.2 Å². The van der Waals surface area contributed by atoms with Crippen LogP contribution in [-0.4, -0.2) is 20.1 Å². The number of hydrogen-bond acceptors (Lipinski definition) is 3. The van der Waals surface area contributed by atoms with E-state index >= 15 is 0 Å². The molecule has 0 aliphatic carbocycles. The van der Waals surface area contributed by atoms with Crippen LogP contribution in [0.5, 0.6) is 0 Å². The van der Waals surface area contributed by atoms with Gasteiger partial charge < -0.3 is 5.32 Å². The zero-order valence-corrected chi connectivity index (χ0v) is 16.5. The number of rotatable bonds is 4. The van der Waals surface area contributed by atoms with E-state index < -0.39 is 21.5 Å². The number of nitrogens with one attached hydrogen (secondary N) is 1. The second-order valence-electron chi connectivity index (χ2n) is 5.78. The van der Waals surface area contributed by atoms with Crippen molar-refractivity contribution in [3.05, 3.63) is 69.8 Å². The van der Waals surface area contributed by atoms with Gasteiger partial charge in [-0.3, -0.25) is 4.79 Å². The molecule has 0 spiro atoms. The molecule has 0 radical (unpaired) electrons. The Kier molecular flexibility index (Phi) is 5.10. The molecule has 1 amide bonds. The third-order valence-electron chi connectivity index (χ3n) is 3.86. The third-order valence-corrected chi connectivity index (χ3v) is 6.15. The number of halogens is 1. The maximum atomic E-state index is 12.6. The molecule has 0 saturated carbocycles. The fourth-order valence-electron chi connectivity index (χ4n) is 2.57. The number of hydrogen-bond donors (Lipinski definition) is 1. The Morgan fingerprint density at radius 2 is 1.72 bits per heavy atom. The Morgan fingerprint density at radius 3 is 2.44 bits per heavy atom. The van der Waals surface area contributed by atoms with Crippen LogP contribution in [-0.2, 0) is 14.6 Å². The van der Waals surface area contributed by atoms with Crippen molar-refractivity contribution < 1.29 is 13.2 Å². The number of carbonyl (C=O) groups is 1. The van der Waals surface area contributed by atoms with Crippen molar-refractivity contribution in [2.75, 3.05) is 11.1 Å². The van der Waals surface area contributed by atoms with E-state index in [2.05, 4.69) is 27.9 Å². The van der Waals surface area contributed by atoms with Crippen LogP contribution in [0.3, 0.4) is 0 Å². The smallest absolute Gasteiger partial charge is 0.239 e. The topological polar surface area (TPSA) is 63.2 Å². The Labute approximate surface area is 160 Å². The SMILES string of the molecule is Cc1cc(I)ccc1NC(=O)CS(=O)(=O)c1ccc2ccccc2c1. The van der Waals surface area contributed by atoms with Gasteiger partial charge in [0.1, 0.15) is 5.75 Å². The molecule has 1 N–H and O–H groups in total. The van der Waals surface area contributed by atoms with Gasteiger partial charge in [-0.2, -0.15) is 0 Å². The molecule has 0 saturated heterocycles. The number of benzene rings is 3. The first-order chi connectivity index (χ1) is 11.8. The van der Waals surface area contributed by atoms with Crippen molar-refractivity contribution in [3.63, 3.8) is 0 Å². The molecule has 0 aliphatic heterocycles. The maximum Gasteiger partial charge on any atom is 0.239 e. The number of fused-ring (bicyclic) bond motifs is 1. The van der Waals surface area contributed by atoms with Gasteiger partial charge in [-0.1, -0.05) is 30.3 Å². The molecule has 0 aromatic heterocycles. The summed E-state index contributed by atoms with van der Waals surface area (Å²) in [7, 11) is -3.71. The minimum absolute atomic E-state index is 0.153. The van der Waals surface area contributed by atoms with Gasteiger partial charge in [-0.25, -0.2) is 8.42 Å². The highest BCUT2D eigenvalue weighted by molar-refractivity contribution is 14.1. The largest absolute Gasteiger partial charge is 0.325 e. The summed E-state index contributed by atoms with van der Waals surface area (Å²) in [6.07, 6.45) is 0. The van der Waals surface area contributed by atoms with Crippen LogP contribution in [0.25, 0.3) is 10.8 Å². The number of amides is 1. The molecule has 4 nitrogen and oxygen atoms in total. The van der Waals surface area contributed by atoms with Gasteiger partial charge in [0.25, 0.3) is 0 Å². The molecule has 3 aromatic carbocycles. The normalized spacial score (nSPS) is 11.4. The molecule has 3 rings (SSSR count). The summed E-state index contributed by atoms with van der Waals surface area (Å²) in [6.45, 7) is 1.87. The molecule has 25 heavy (non-hydrogen) atoms. The first kappa shape index (κ1) is 17.9. The van der Waals surface area contributed by atoms with E-state index in [0.717, 1.165) is 19.9 Å². The van der Waals surface area contributed by atoms with E-state index in [1.165, 1.54) is 0 Å². The molecular weight excluding hydrogens is 449 g/mol. The summed E-state index contributed by atoms with van der Waals surface area (Å²) in [4.78, 5) is 12.4. The van der Waals surface area contributed by atoms with E-state index in [4.69, 9.17) is 0 Å². The van der Waals surface area contributed by atoms with Crippen LogP contribution in [0.15, 0.2) is 65.6 Å². The van der Waals surface area contributed by atoms with E-state index in [9.17, 15) is 13.2 Å². The number of sulfone groups is 1. The second kappa shape index (κ2) is 7.13. The highest BCUT2D eigenvalue weighted by atomic mass is 127. The van der Waals surface area contributed by atoms with Crippen molar-refractivity contribution in [1.82, 2.24) is 0 Å². The van der Waals surface area contributed by atoms with Crippen molar-refractivity contribution in [1.29, 1.82) is 0 Å². The first-order valence-electron chi connectivity index (χ1n) is 7.63. The lowest BCUT2D eigenvalue weighted by molar-refractivity contribution is -0.113. The van der Waals surface area contributed by atoms with Gasteiger partial charge in [0.05, 0.1) is 4.90 Å². The van der Waals surface area contributed by atoms with E-state index in [-0.39, 0.29) is 4.90 Å². The lowest BCUT2D eigenvalue weighted by atomic mass is 10.1. The standard InChI is InChI=1S/C19H16INO3S/c1-13-10-16(20)7-9-18(13)21-19(22)12-25(23,24)17-8-6-14-4-2-3-5-15(14)11-17/h2-11H,12H2,1H3,(H,21,22). The van der Waals surface area contributed by atoms with Crippen molar-refractivity contribution in [2.45, 2.75) is 11.8 Å². The summed E-state index contributed by atoms with van der Waals surface area (Å²) in [5.74, 6) is -1.13. The summed E-state index contributed by atoms with van der Waals surface area (Å²) < 4.78 is 26.2. The van der Waals surface area contributed by atoms with Gasteiger partial charge in [-0.15, -0.1) is 0 Å². The number of anilines is 1. The van der Waals surface area contributed by atoms with Crippen LogP contribution in [0, 0.1) is 10.5 Å². The average molecular weight is 465 g/mol. The number of aryl methyl sites for hydroxylation is 1. The Bertz CT molecular complexity index is 1060. The van der Waals surface area contributed by atoms with Crippen LogP contribution in [0.1, 0.15) is 5.56 Å². The maximum absolute atomic E-state index is 12.6. The van der Waals surface area contributed by atoms with Gasteiger partial charge in [0, 0.05) is 9.26 Å². The van der Waals surface area contributed by atoms with Crippen molar-refractivity contribution >= 4 is 54.8 Å². The van der Waals surface area contributed by atoms with E-state index in [0.29, 0.717) is 5.69 Å². The molecule has 0 unspecified atom stereocenters. The molecule has 3 aromatic rings. The van der Waals surface area contributed by atoms with E-state index in [1.807, 2.05) is 43.3 Å². The highest BCUT2D eigenvalue weighted by Crippen LogP contribution is 2.21. The zero-order valence-electron chi connectivity index (χ0n) is 13.5. The molecule has 0 heterocycles. The lowest BCUT2D eigenvalue weighted by Gasteiger charge is -2.10. The summed E-state index contributed by atoms with van der Waals surface area (Å²) in [6, 6.07) is 18.0. The van der Waals surface area contributed by atoms with Gasteiger partial charge >= 0.3 is 0 Å². The quantitative estimate of drug-likeness (QED) is 0.589. The lowest BCUT2D eigenvalue weighted by Crippen LogP contribution is -2.23. The molecule has 0 fully saturated rings. The molecule has 0 bridgehead atoms.